The second-order valence-corrected chi connectivity index (χ2v) is 9.11. The number of rotatable bonds is 6. The fourth-order valence-electron chi connectivity index (χ4n) is 4.77. The van der Waals surface area contributed by atoms with E-state index in [0.717, 1.165) is 36.1 Å². The topological polar surface area (TPSA) is 98.1 Å². The van der Waals surface area contributed by atoms with E-state index in [1.54, 1.807) is 25.9 Å². The Kier molecular flexibility index (Phi) is 7.13. The van der Waals surface area contributed by atoms with Crippen molar-refractivity contribution in [2.75, 3.05) is 76.5 Å². The summed E-state index contributed by atoms with van der Waals surface area (Å²) in [6, 6.07) is 9.39. The summed E-state index contributed by atoms with van der Waals surface area (Å²) in [6.45, 7) is 7.57. The predicted octanol–water partition coefficient (Wildman–Crippen LogP) is 2.00. The molecule has 0 radical (unpaired) electrons. The smallest absolute Gasteiger partial charge is 0.272 e. The lowest BCUT2D eigenvalue weighted by atomic mass is 10.1. The number of ether oxygens (including phenoxy) is 3. The highest BCUT2D eigenvalue weighted by atomic mass is 16.5. The van der Waals surface area contributed by atoms with E-state index in [2.05, 4.69) is 24.9 Å². The number of aryl methyl sites for hydroxylation is 2. The molecule has 37 heavy (non-hydrogen) atoms. The summed E-state index contributed by atoms with van der Waals surface area (Å²) in [5.74, 6) is 3.89. The third-order valence-electron chi connectivity index (χ3n) is 6.82. The fourth-order valence-corrected chi connectivity index (χ4v) is 4.77. The first-order valence-corrected chi connectivity index (χ1v) is 12.5. The quantitative estimate of drug-likeness (QED) is 0.496. The van der Waals surface area contributed by atoms with Crippen LogP contribution >= 0.6 is 0 Å². The van der Waals surface area contributed by atoms with Crippen LogP contribution in [0.4, 0.5) is 11.6 Å². The molecule has 2 aliphatic heterocycles. The average molecular weight is 508 g/mol. The van der Waals surface area contributed by atoms with Crippen molar-refractivity contribution in [3.05, 3.63) is 41.9 Å². The van der Waals surface area contributed by atoms with Crippen molar-refractivity contribution in [1.29, 1.82) is 0 Å². The molecule has 4 heterocycles. The van der Waals surface area contributed by atoms with Gasteiger partial charge < -0.3 is 28.9 Å². The molecule has 2 saturated heterocycles. The van der Waals surface area contributed by atoms with Crippen LogP contribution in [0.15, 0.2) is 30.3 Å². The van der Waals surface area contributed by atoms with Gasteiger partial charge in [0.05, 0.1) is 33.1 Å². The first kappa shape index (κ1) is 24.8. The number of aromatic nitrogens is 4. The molecule has 5 rings (SSSR count). The van der Waals surface area contributed by atoms with Gasteiger partial charge in [0.25, 0.3) is 5.91 Å². The molecule has 196 valence electrons. The van der Waals surface area contributed by atoms with Crippen LogP contribution in [0, 0.1) is 6.92 Å². The zero-order valence-corrected chi connectivity index (χ0v) is 21.8. The minimum atomic E-state index is -0.0457. The minimum Gasteiger partial charge on any atom is -0.497 e. The highest BCUT2D eigenvalue weighted by molar-refractivity contribution is 5.94. The summed E-state index contributed by atoms with van der Waals surface area (Å²) in [5, 5.41) is 4.60. The molecule has 0 atom stereocenters. The molecule has 0 aliphatic carbocycles. The lowest BCUT2D eigenvalue weighted by Gasteiger charge is -2.36. The fraction of sp³-hybridized carbons (Fsp3) is 0.462. The van der Waals surface area contributed by atoms with Crippen molar-refractivity contribution in [1.82, 2.24) is 24.6 Å². The molecule has 0 saturated carbocycles. The Morgan fingerprint density at radius 2 is 1.57 bits per heavy atom. The molecule has 11 heteroatoms. The lowest BCUT2D eigenvalue weighted by molar-refractivity contribution is 0.0735. The molecular weight excluding hydrogens is 474 g/mol. The van der Waals surface area contributed by atoms with Crippen molar-refractivity contribution >= 4 is 17.5 Å². The minimum absolute atomic E-state index is 0.0457. The van der Waals surface area contributed by atoms with Crippen molar-refractivity contribution in [3.8, 4) is 22.8 Å². The van der Waals surface area contributed by atoms with Gasteiger partial charge in [0.2, 0.25) is 0 Å². The van der Waals surface area contributed by atoms with Crippen molar-refractivity contribution in [3.63, 3.8) is 0 Å². The number of hydrogen-bond donors (Lipinski definition) is 0. The maximum atomic E-state index is 13.4. The summed E-state index contributed by atoms with van der Waals surface area (Å²) in [7, 11) is 5.02. The van der Waals surface area contributed by atoms with E-state index in [-0.39, 0.29) is 5.91 Å². The summed E-state index contributed by atoms with van der Waals surface area (Å²) in [5.41, 5.74) is 1.96. The van der Waals surface area contributed by atoms with E-state index in [4.69, 9.17) is 14.2 Å². The van der Waals surface area contributed by atoms with Gasteiger partial charge in [0.15, 0.2) is 0 Å². The second kappa shape index (κ2) is 10.6. The number of benzene rings is 1. The van der Waals surface area contributed by atoms with Crippen molar-refractivity contribution in [2.45, 2.75) is 6.92 Å². The third kappa shape index (κ3) is 5.17. The summed E-state index contributed by atoms with van der Waals surface area (Å²) in [6.07, 6.45) is 0. The molecule has 1 aromatic carbocycles. The van der Waals surface area contributed by atoms with E-state index in [1.807, 2.05) is 42.2 Å². The maximum absolute atomic E-state index is 13.4. The first-order chi connectivity index (χ1) is 18.0. The number of carbonyl (C=O) groups is 1. The number of piperazine rings is 1. The Bertz CT molecular complexity index is 1260. The number of hydrogen-bond acceptors (Lipinski definition) is 9. The maximum Gasteiger partial charge on any atom is 0.272 e. The van der Waals surface area contributed by atoms with E-state index in [1.165, 1.54) is 0 Å². The zero-order chi connectivity index (χ0) is 25.9. The van der Waals surface area contributed by atoms with Crippen LogP contribution in [0.1, 0.15) is 16.3 Å². The summed E-state index contributed by atoms with van der Waals surface area (Å²) < 4.78 is 18.0. The van der Waals surface area contributed by atoms with Gasteiger partial charge in [0.1, 0.15) is 34.7 Å². The SMILES string of the molecule is COc1ccc(OC)c(-c2cc(C(=O)N3CCN(c4cc(N5CCOCC5)nc(C)n4)CC3)n(C)n2)c1. The number of amides is 1. The third-order valence-corrected chi connectivity index (χ3v) is 6.82. The largest absolute Gasteiger partial charge is 0.497 e. The van der Waals surface area contributed by atoms with Gasteiger partial charge in [-0.3, -0.25) is 9.48 Å². The van der Waals surface area contributed by atoms with Gasteiger partial charge in [-0.2, -0.15) is 5.10 Å². The lowest BCUT2D eigenvalue weighted by Crippen LogP contribution is -2.49. The van der Waals surface area contributed by atoms with Gasteiger partial charge in [-0.05, 0) is 31.2 Å². The molecule has 0 unspecified atom stereocenters. The Hall–Kier alpha value is -3.86. The standard InChI is InChI=1S/C26H33N7O4/c1-18-27-24(17-25(28-18)32-11-13-37-14-12-32)31-7-9-33(10-8-31)26(34)22-16-21(29-30(22)2)20-15-19(35-3)5-6-23(20)36-4/h5-6,15-17H,7-14H2,1-4H3. The van der Waals surface area contributed by atoms with E-state index < -0.39 is 0 Å². The highest BCUT2D eigenvalue weighted by Gasteiger charge is 2.27. The molecule has 11 nitrogen and oxygen atoms in total. The number of carbonyl (C=O) groups excluding carboxylic acids is 1. The van der Waals surface area contributed by atoms with Gasteiger partial charge in [-0.25, -0.2) is 9.97 Å². The molecule has 2 aliphatic rings. The van der Waals surface area contributed by atoms with Crippen LogP contribution < -0.4 is 19.3 Å². The molecule has 1 amide bonds. The number of nitrogens with zero attached hydrogens (tertiary/aromatic N) is 7. The molecule has 0 spiro atoms. The van der Waals surface area contributed by atoms with E-state index >= 15 is 0 Å². The normalized spacial score (nSPS) is 16.2. The summed E-state index contributed by atoms with van der Waals surface area (Å²) in [4.78, 5) is 29.1. The monoisotopic (exact) mass is 507 g/mol. The Morgan fingerprint density at radius 1 is 0.892 bits per heavy atom. The number of methoxy groups -OCH3 is 2. The highest BCUT2D eigenvalue weighted by Crippen LogP contribution is 2.33. The number of morpholine rings is 1. The van der Waals surface area contributed by atoms with Gasteiger partial charge >= 0.3 is 0 Å². The van der Waals surface area contributed by atoms with E-state index in [0.29, 0.717) is 62.3 Å². The summed E-state index contributed by atoms with van der Waals surface area (Å²) >= 11 is 0. The molecule has 0 bridgehead atoms. The van der Waals surface area contributed by atoms with Gasteiger partial charge in [-0.15, -0.1) is 0 Å². The molecular formula is C26H33N7O4. The Morgan fingerprint density at radius 3 is 2.22 bits per heavy atom. The van der Waals surface area contributed by atoms with Crippen LogP contribution in [-0.4, -0.2) is 97.3 Å². The van der Waals surface area contributed by atoms with Crippen LogP contribution in [0.3, 0.4) is 0 Å². The predicted molar refractivity (Wildman–Crippen MR) is 140 cm³/mol. The first-order valence-electron chi connectivity index (χ1n) is 12.5. The van der Waals surface area contributed by atoms with Gasteiger partial charge in [-0.1, -0.05) is 0 Å². The Labute approximate surface area is 216 Å². The zero-order valence-electron chi connectivity index (χ0n) is 21.8. The Balaban J connectivity index is 1.29. The van der Waals surface area contributed by atoms with Gasteiger partial charge in [0, 0.05) is 57.9 Å². The average Bonchev–Trinajstić information content (AvgIpc) is 3.33. The van der Waals surface area contributed by atoms with Crippen LogP contribution in [-0.2, 0) is 11.8 Å². The molecule has 3 aromatic rings. The van der Waals surface area contributed by atoms with Crippen LogP contribution in [0.2, 0.25) is 0 Å². The van der Waals surface area contributed by atoms with E-state index in [9.17, 15) is 4.79 Å². The second-order valence-electron chi connectivity index (χ2n) is 9.11. The van der Waals surface area contributed by atoms with Crippen LogP contribution in [0.25, 0.3) is 11.3 Å². The van der Waals surface area contributed by atoms with Crippen molar-refractivity contribution in [2.24, 2.45) is 7.05 Å². The molecule has 0 N–H and O–H groups in total. The molecule has 2 aromatic heterocycles. The molecule has 2 fully saturated rings. The number of anilines is 2. The van der Waals surface area contributed by atoms with Crippen LogP contribution in [0.5, 0.6) is 11.5 Å². The van der Waals surface area contributed by atoms with Crippen molar-refractivity contribution < 1.29 is 19.0 Å².